The average molecular weight is 345 g/mol. The molecule has 1 saturated heterocycles. The van der Waals surface area contributed by atoms with E-state index in [1.807, 2.05) is 19.9 Å². The SMILES string of the molecule is Cc1noc(C)c1CCC(=O)NCc1cc(N2CCOCC2)ncn1. The highest BCUT2D eigenvalue weighted by atomic mass is 16.5. The third kappa shape index (κ3) is 4.54. The summed E-state index contributed by atoms with van der Waals surface area (Å²) < 4.78 is 10.5. The Bertz CT molecular complexity index is 705. The molecular formula is C17H23N5O3. The van der Waals surface area contributed by atoms with Crippen LogP contribution < -0.4 is 10.2 Å². The quantitative estimate of drug-likeness (QED) is 0.840. The predicted octanol–water partition coefficient (Wildman–Crippen LogP) is 1.17. The molecule has 2 aromatic heterocycles. The van der Waals surface area contributed by atoms with E-state index in [0.29, 0.717) is 32.6 Å². The number of nitrogens with zero attached hydrogens (tertiary/aromatic N) is 4. The first-order valence-corrected chi connectivity index (χ1v) is 8.45. The molecule has 0 aromatic carbocycles. The molecule has 0 radical (unpaired) electrons. The van der Waals surface area contributed by atoms with Gasteiger partial charge in [-0.2, -0.15) is 0 Å². The van der Waals surface area contributed by atoms with Gasteiger partial charge in [0.2, 0.25) is 5.91 Å². The largest absolute Gasteiger partial charge is 0.378 e. The number of aromatic nitrogens is 3. The second-order valence-corrected chi connectivity index (χ2v) is 6.05. The molecular weight excluding hydrogens is 322 g/mol. The molecule has 8 heteroatoms. The zero-order valence-electron chi connectivity index (χ0n) is 14.6. The third-order valence-corrected chi connectivity index (χ3v) is 4.29. The van der Waals surface area contributed by atoms with E-state index in [2.05, 4.69) is 25.3 Å². The van der Waals surface area contributed by atoms with Gasteiger partial charge in [0.25, 0.3) is 0 Å². The number of ether oxygens (including phenoxy) is 1. The number of rotatable bonds is 6. The standard InChI is InChI=1S/C17H23N5O3/c1-12-15(13(2)25-21-12)3-4-17(23)18-10-14-9-16(20-11-19-14)22-5-7-24-8-6-22/h9,11H,3-8,10H2,1-2H3,(H,18,23). The van der Waals surface area contributed by atoms with Crippen molar-refractivity contribution in [3.63, 3.8) is 0 Å². The number of anilines is 1. The number of hydrogen-bond donors (Lipinski definition) is 1. The molecule has 8 nitrogen and oxygen atoms in total. The molecule has 0 aliphatic carbocycles. The molecule has 1 aliphatic rings. The van der Waals surface area contributed by atoms with E-state index in [0.717, 1.165) is 41.6 Å². The summed E-state index contributed by atoms with van der Waals surface area (Å²) in [6.07, 6.45) is 2.55. The first-order valence-electron chi connectivity index (χ1n) is 8.45. The summed E-state index contributed by atoms with van der Waals surface area (Å²) >= 11 is 0. The Morgan fingerprint density at radius 1 is 1.28 bits per heavy atom. The number of carbonyl (C=O) groups excluding carboxylic acids is 1. The Hall–Kier alpha value is -2.48. The lowest BCUT2D eigenvalue weighted by Gasteiger charge is -2.27. The van der Waals surface area contributed by atoms with Crippen LogP contribution in [-0.2, 0) is 22.5 Å². The van der Waals surface area contributed by atoms with Crippen molar-refractivity contribution >= 4 is 11.7 Å². The molecule has 0 spiro atoms. The van der Waals surface area contributed by atoms with Gasteiger partial charge >= 0.3 is 0 Å². The third-order valence-electron chi connectivity index (χ3n) is 4.29. The van der Waals surface area contributed by atoms with E-state index < -0.39 is 0 Å². The minimum absolute atomic E-state index is 0.0217. The van der Waals surface area contributed by atoms with Crippen molar-refractivity contribution in [2.45, 2.75) is 33.2 Å². The molecule has 1 aliphatic heterocycles. The number of amides is 1. The Morgan fingerprint density at radius 2 is 2.08 bits per heavy atom. The smallest absolute Gasteiger partial charge is 0.220 e. The van der Waals surface area contributed by atoms with Gasteiger partial charge in [0, 0.05) is 31.1 Å². The lowest BCUT2D eigenvalue weighted by molar-refractivity contribution is -0.121. The fraction of sp³-hybridized carbons (Fsp3) is 0.529. The van der Waals surface area contributed by atoms with Gasteiger partial charge in [-0.3, -0.25) is 4.79 Å². The van der Waals surface area contributed by atoms with Crippen LogP contribution in [0.4, 0.5) is 5.82 Å². The molecule has 1 N–H and O–H groups in total. The summed E-state index contributed by atoms with van der Waals surface area (Å²) in [4.78, 5) is 22.8. The van der Waals surface area contributed by atoms with Crippen molar-refractivity contribution in [2.24, 2.45) is 0 Å². The molecule has 1 amide bonds. The van der Waals surface area contributed by atoms with Crippen molar-refractivity contribution < 1.29 is 14.1 Å². The first-order chi connectivity index (χ1) is 12.1. The van der Waals surface area contributed by atoms with Crippen LogP contribution >= 0.6 is 0 Å². The van der Waals surface area contributed by atoms with Crippen LogP contribution in [0.3, 0.4) is 0 Å². The lowest BCUT2D eigenvalue weighted by Crippen LogP contribution is -2.37. The Labute approximate surface area is 146 Å². The van der Waals surface area contributed by atoms with E-state index in [1.165, 1.54) is 6.33 Å². The van der Waals surface area contributed by atoms with Gasteiger partial charge in [-0.15, -0.1) is 0 Å². The predicted molar refractivity (Wildman–Crippen MR) is 91.2 cm³/mol. The maximum atomic E-state index is 12.1. The summed E-state index contributed by atoms with van der Waals surface area (Å²) in [6, 6.07) is 1.92. The molecule has 0 bridgehead atoms. The highest BCUT2D eigenvalue weighted by Gasteiger charge is 2.14. The number of hydrogen-bond acceptors (Lipinski definition) is 7. The second-order valence-electron chi connectivity index (χ2n) is 6.05. The Kier molecular flexibility index (Phi) is 5.60. The molecule has 2 aromatic rings. The van der Waals surface area contributed by atoms with E-state index in [4.69, 9.17) is 9.26 Å². The molecule has 0 saturated carbocycles. The maximum Gasteiger partial charge on any atom is 0.220 e. The minimum Gasteiger partial charge on any atom is -0.378 e. The van der Waals surface area contributed by atoms with Gasteiger partial charge in [0.15, 0.2) is 0 Å². The molecule has 1 fully saturated rings. The van der Waals surface area contributed by atoms with Crippen molar-refractivity contribution in [1.82, 2.24) is 20.4 Å². The maximum absolute atomic E-state index is 12.1. The summed E-state index contributed by atoms with van der Waals surface area (Å²) in [5, 5.41) is 6.81. The van der Waals surface area contributed by atoms with Crippen LogP contribution in [0.5, 0.6) is 0 Å². The van der Waals surface area contributed by atoms with E-state index in [-0.39, 0.29) is 5.91 Å². The molecule has 25 heavy (non-hydrogen) atoms. The zero-order chi connectivity index (χ0) is 17.6. The van der Waals surface area contributed by atoms with Crippen LogP contribution in [0.2, 0.25) is 0 Å². The summed E-state index contributed by atoms with van der Waals surface area (Å²) in [7, 11) is 0. The number of carbonyl (C=O) groups is 1. The zero-order valence-corrected chi connectivity index (χ0v) is 14.6. The van der Waals surface area contributed by atoms with Gasteiger partial charge < -0.3 is 19.5 Å². The topological polar surface area (TPSA) is 93.4 Å². The van der Waals surface area contributed by atoms with Crippen molar-refractivity contribution in [3.8, 4) is 0 Å². The van der Waals surface area contributed by atoms with Gasteiger partial charge in [-0.25, -0.2) is 9.97 Å². The van der Waals surface area contributed by atoms with Gasteiger partial charge in [-0.1, -0.05) is 5.16 Å². The van der Waals surface area contributed by atoms with Crippen molar-refractivity contribution in [3.05, 3.63) is 35.1 Å². The van der Waals surface area contributed by atoms with Crippen LogP contribution in [0.15, 0.2) is 16.9 Å². The molecule has 3 rings (SSSR count). The van der Waals surface area contributed by atoms with Crippen LogP contribution in [-0.4, -0.2) is 47.3 Å². The highest BCUT2D eigenvalue weighted by Crippen LogP contribution is 2.15. The fourth-order valence-corrected chi connectivity index (χ4v) is 2.82. The number of morpholine rings is 1. The summed E-state index contributed by atoms with van der Waals surface area (Å²) in [5.41, 5.74) is 2.64. The molecule has 3 heterocycles. The van der Waals surface area contributed by atoms with Crippen LogP contribution in [0, 0.1) is 13.8 Å². The van der Waals surface area contributed by atoms with Crippen LogP contribution in [0.25, 0.3) is 0 Å². The van der Waals surface area contributed by atoms with Crippen LogP contribution in [0.1, 0.15) is 29.1 Å². The highest BCUT2D eigenvalue weighted by molar-refractivity contribution is 5.76. The average Bonchev–Trinajstić information content (AvgIpc) is 2.97. The monoisotopic (exact) mass is 345 g/mol. The second kappa shape index (κ2) is 8.06. The van der Waals surface area contributed by atoms with E-state index in [1.54, 1.807) is 0 Å². The van der Waals surface area contributed by atoms with Crippen molar-refractivity contribution in [1.29, 1.82) is 0 Å². The molecule has 0 unspecified atom stereocenters. The molecule has 0 atom stereocenters. The Morgan fingerprint density at radius 3 is 2.80 bits per heavy atom. The summed E-state index contributed by atoms with van der Waals surface area (Å²) in [5.74, 6) is 1.63. The summed E-state index contributed by atoms with van der Waals surface area (Å²) in [6.45, 7) is 7.19. The number of nitrogens with one attached hydrogen (secondary N) is 1. The van der Waals surface area contributed by atoms with Gasteiger partial charge in [-0.05, 0) is 20.3 Å². The minimum atomic E-state index is -0.0217. The lowest BCUT2D eigenvalue weighted by atomic mass is 10.1. The number of aryl methyl sites for hydroxylation is 2. The van der Waals surface area contributed by atoms with E-state index in [9.17, 15) is 4.79 Å². The normalized spacial score (nSPS) is 14.6. The Balaban J connectivity index is 1.50. The first kappa shape index (κ1) is 17.3. The van der Waals surface area contributed by atoms with E-state index >= 15 is 0 Å². The van der Waals surface area contributed by atoms with Crippen molar-refractivity contribution in [2.75, 3.05) is 31.2 Å². The van der Waals surface area contributed by atoms with Gasteiger partial charge in [0.05, 0.1) is 31.1 Å². The fourth-order valence-electron chi connectivity index (χ4n) is 2.82. The molecule has 134 valence electrons. The van der Waals surface area contributed by atoms with Gasteiger partial charge in [0.1, 0.15) is 17.9 Å².